The monoisotopic (exact) mass is 431 g/mol. The number of aliphatic imine (C=N–C) groups is 1. The highest BCUT2D eigenvalue weighted by atomic mass is 127. The van der Waals surface area contributed by atoms with Gasteiger partial charge in [-0.1, -0.05) is 18.2 Å². The molecule has 0 amide bonds. The first-order valence-electron chi connectivity index (χ1n) is 6.84. The molecule has 1 aromatic heterocycles. The van der Waals surface area contributed by atoms with Crippen LogP contribution in [-0.4, -0.2) is 20.1 Å². The Kier molecular flexibility index (Phi) is 8.26. The summed E-state index contributed by atoms with van der Waals surface area (Å²) in [5.74, 6) is 1.67. The van der Waals surface area contributed by atoms with Crippen molar-refractivity contribution in [1.82, 2.24) is 10.6 Å². The average molecular weight is 431 g/mol. The van der Waals surface area contributed by atoms with E-state index >= 15 is 0 Å². The van der Waals surface area contributed by atoms with E-state index in [9.17, 15) is 0 Å². The minimum atomic E-state index is 0. The third-order valence-electron chi connectivity index (χ3n) is 3.25. The first kappa shape index (κ1) is 18.8. The molecule has 0 aliphatic carbocycles. The SMILES string of the molecule is CN=C(NCc1ccccc1OC)NCc1sccc1C.I. The van der Waals surface area contributed by atoms with Crippen molar-refractivity contribution in [3.63, 3.8) is 0 Å². The molecule has 2 aromatic rings. The number of nitrogens with one attached hydrogen (secondary N) is 2. The molecule has 1 heterocycles. The van der Waals surface area contributed by atoms with Gasteiger partial charge in [0.25, 0.3) is 0 Å². The molecule has 2 N–H and O–H groups in total. The van der Waals surface area contributed by atoms with Crippen LogP contribution in [0.15, 0.2) is 40.7 Å². The summed E-state index contributed by atoms with van der Waals surface area (Å²) < 4.78 is 5.35. The molecule has 0 saturated heterocycles. The lowest BCUT2D eigenvalue weighted by atomic mass is 10.2. The van der Waals surface area contributed by atoms with Gasteiger partial charge in [-0.15, -0.1) is 35.3 Å². The molecule has 0 spiro atoms. The van der Waals surface area contributed by atoms with Crippen LogP contribution in [-0.2, 0) is 13.1 Å². The number of hydrogen-bond donors (Lipinski definition) is 2. The number of nitrogens with zero attached hydrogens (tertiary/aromatic N) is 1. The second-order valence-electron chi connectivity index (χ2n) is 4.62. The lowest BCUT2D eigenvalue weighted by Crippen LogP contribution is -2.36. The highest BCUT2D eigenvalue weighted by Gasteiger charge is 2.04. The molecule has 2 rings (SSSR count). The average Bonchev–Trinajstić information content (AvgIpc) is 2.93. The van der Waals surface area contributed by atoms with Gasteiger partial charge in [0.1, 0.15) is 5.75 Å². The number of aryl methyl sites for hydroxylation is 1. The Hall–Kier alpha value is -1.28. The molecule has 0 saturated carbocycles. The zero-order valence-corrected chi connectivity index (χ0v) is 16.2. The fourth-order valence-electron chi connectivity index (χ4n) is 2.00. The van der Waals surface area contributed by atoms with E-state index in [0.29, 0.717) is 6.54 Å². The van der Waals surface area contributed by atoms with E-state index in [1.807, 2.05) is 24.3 Å². The quantitative estimate of drug-likeness (QED) is 0.433. The molecule has 4 nitrogen and oxygen atoms in total. The molecular formula is C16H22IN3OS. The van der Waals surface area contributed by atoms with Crippen LogP contribution in [0.1, 0.15) is 16.0 Å². The molecule has 120 valence electrons. The van der Waals surface area contributed by atoms with Gasteiger partial charge >= 0.3 is 0 Å². The van der Waals surface area contributed by atoms with Gasteiger partial charge in [-0.2, -0.15) is 0 Å². The second-order valence-corrected chi connectivity index (χ2v) is 5.62. The summed E-state index contributed by atoms with van der Waals surface area (Å²) in [6, 6.07) is 10.1. The van der Waals surface area contributed by atoms with Crippen LogP contribution in [0, 0.1) is 6.92 Å². The Bertz CT molecular complexity index is 613. The Morgan fingerprint density at radius 2 is 1.91 bits per heavy atom. The minimum absolute atomic E-state index is 0. The van der Waals surface area contributed by atoms with Crippen LogP contribution in [0.2, 0.25) is 0 Å². The number of hydrogen-bond acceptors (Lipinski definition) is 3. The van der Waals surface area contributed by atoms with Crippen LogP contribution in [0.5, 0.6) is 5.75 Å². The summed E-state index contributed by atoms with van der Waals surface area (Å²) >= 11 is 1.76. The number of halogens is 1. The van der Waals surface area contributed by atoms with E-state index in [4.69, 9.17) is 4.74 Å². The third-order valence-corrected chi connectivity index (χ3v) is 4.27. The Balaban J connectivity index is 0.00000242. The third kappa shape index (κ3) is 5.17. The van der Waals surface area contributed by atoms with Crippen LogP contribution < -0.4 is 15.4 Å². The van der Waals surface area contributed by atoms with Crippen LogP contribution in [0.25, 0.3) is 0 Å². The lowest BCUT2D eigenvalue weighted by Gasteiger charge is -2.13. The van der Waals surface area contributed by atoms with E-state index < -0.39 is 0 Å². The van der Waals surface area contributed by atoms with Gasteiger partial charge in [0, 0.05) is 24.0 Å². The van der Waals surface area contributed by atoms with Gasteiger partial charge in [0.05, 0.1) is 13.7 Å². The second kappa shape index (κ2) is 9.68. The number of para-hydroxylation sites is 1. The molecular weight excluding hydrogens is 409 g/mol. The zero-order valence-electron chi connectivity index (χ0n) is 13.1. The van der Waals surface area contributed by atoms with Crippen molar-refractivity contribution in [3.8, 4) is 5.75 Å². The Morgan fingerprint density at radius 1 is 1.18 bits per heavy atom. The molecule has 0 atom stereocenters. The number of ether oxygens (including phenoxy) is 1. The summed E-state index contributed by atoms with van der Waals surface area (Å²) in [5.41, 5.74) is 2.42. The van der Waals surface area contributed by atoms with E-state index in [1.54, 1.807) is 25.5 Å². The largest absolute Gasteiger partial charge is 0.496 e. The number of rotatable bonds is 5. The van der Waals surface area contributed by atoms with Crippen molar-refractivity contribution in [1.29, 1.82) is 0 Å². The normalized spacial score (nSPS) is 10.8. The summed E-state index contributed by atoms with van der Waals surface area (Å²) in [4.78, 5) is 5.57. The highest BCUT2D eigenvalue weighted by Crippen LogP contribution is 2.17. The number of benzene rings is 1. The van der Waals surface area contributed by atoms with Gasteiger partial charge in [0.15, 0.2) is 5.96 Å². The van der Waals surface area contributed by atoms with Gasteiger partial charge in [-0.05, 0) is 30.0 Å². The summed E-state index contributed by atoms with van der Waals surface area (Å²) in [6.45, 7) is 3.58. The summed E-state index contributed by atoms with van der Waals surface area (Å²) in [7, 11) is 3.46. The van der Waals surface area contributed by atoms with Crippen molar-refractivity contribution >= 4 is 41.3 Å². The lowest BCUT2D eigenvalue weighted by molar-refractivity contribution is 0.409. The van der Waals surface area contributed by atoms with Crippen LogP contribution in [0.4, 0.5) is 0 Å². The van der Waals surface area contributed by atoms with Gasteiger partial charge in [-0.25, -0.2) is 0 Å². The smallest absolute Gasteiger partial charge is 0.191 e. The van der Waals surface area contributed by atoms with Gasteiger partial charge in [0.2, 0.25) is 0 Å². The first-order chi connectivity index (χ1) is 10.2. The predicted octanol–water partition coefficient (Wildman–Crippen LogP) is 3.55. The molecule has 1 aromatic carbocycles. The molecule has 0 bridgehead atoms. The van der Waals surface area contributed by atoms with Crippen molar-refractivity contribution in [2.75, 3.05) is 14.2 Å². The number of guanidine groups is 1. The maximum Gasteiger partial charge on any atom is 0.191 e. The summed E-state index contributed by atoms with van der Waals surface area (Å²) in [5, 5.41) is 8.74. The van der Waals surface area contributed by atoms with Crippen molar-refractivity contribution in [2.45, 2.75) is 20.0 Å². The molecule has 0 fully saturated rings. The molecule has 0 unspecified atom stereocenters. The first-order valence-corrected chi connectivity index (χ1v) is 7.72. The standard InChI is InChI=1S/C16H21N3OS.HI/c1-12-8-9-21-15(12)11-19-16(17-2)18-10-13-6-4-5-7-14(13)20-3;/h4-9H,10-11H2,1-3H3,(H2,17,18,19);1H. The van der Waals surface area contributed by atoms with E-state index in [1.165, 1.54) is 10.4 Å². The van der Waals surface area contributed by atoms with E-state index in [0.717, 1.165) is 23.8 Å². The molecule has 0 aliphatic heterocycles. The van der Waals surface area contributed by atoms with Gasteiger partial charge in [-0.3, -0.25) is 4.99 Å². The Morgan fingerprint density at radius 3 is 2.55 bits per heavy atom. The highest BCUT2D eigenvalue weighted by molar-refractivity contribution is 14.0. The summed E-state index contributed by atoms with van der Waals surface area (Å²) in [6.07, 6.45) is 0. The molecule has 0 radical (unpaired) electrons. The maximum absolute atomic E-state index is 5.35. The number of thiophene rings is 1. The van der Waals surface area contributed by atoms with Crippen LogP contribution >= 0.6 is 35.3 Å². The maximum atomic E-state index is 5.35. The number of methoxy groups -OCH3 is 1. The van der Waals surface area contributed by atoms with E-state index in [-0.39, 0.29) is 24.0 Å². The van der Waals surface area contributed by atoms with Gasteiger partial charge < -0.3 is 15.4 Å². The van der Waals surface area contributed by atoms with Crippen LogP contribution in [0.3, 0.4) is 0 Å². The zero-order chi connectivity index (χ0) is 15.1. The minimum Gasteiger partial charge on any atom is -0.496 e. The topological polar surface area (TPSA) is 45.7 Å². The molecule has 6 heteroatoms. The molecule has 0 aliphatic rings. The van der Waals surface area contributed by atoms with Crippen molar-refractivity contribution in [3.05, 3.63) is 51.7 Å². The fraction of sp³-hybridized carbons (Fsp3) is 0.312. The van der Waals surface area contributed by atoms with E-state index in [2.05, 4.69) is 34.0 Å². The Labute approximate surface area is 153 Å². The predicted molar refractivity (Wildman–Crippen MR) is 105 cm³/mol. The molecule has 22 heavy (non-hydrogen) atoms. The fourth-order valence-corrected chi connectivity index (χ4v) is 2.84. The van der Waals surface area contributed by atoms with Crippen molar-refractivity contribution in [2.24, 2.45) is 4.99 Å². The van der Waals surface area contributed by atoms with Crippen molar-refractivity contribution < 1.29 is 4.74 Å².